The summed E-state index contributed by atoms with van der Waals surface area (Å²) in [4.78, 5) is 24.2. The van der Waals surface area contributed by atoms with E-state index < -0.39 is 5.91 Å². The normalized spacial score (nSPS) is 11.4. The summed E-state index contributed by atoms with van der Waals surface area (Å²) in [5.41, 5.74) is 13.5. The lowest BCUT2D eigenvalue weighted by Crippen LogP contribution is -2.13. The first-order valence-electron chi connectivity index (χ1n) is 8.29. The fraction of sp³-hybridized carbons (Fsp3) is 0.278. The van der Waals surface area contributed by atoms with Gasteiger partial charge in [0.1, 0.15) is 11.4 Å². The lowest BCUT2D eigenvalue weighted by atomic mass is 9.96. The number of rotatable bonds is 4. The number of aryl methyl sites for hydroxylation is 1. The number of nitrogens with zero attached hydrogens (tertiary/aromatic N) is 4. The minimum atomic E-state index is -0.474. The number of aromatic nitrogens is 4. The van der Waals surface area contributed by atoms with Crippen LogP contribution in [-0.4, -0.2) is 26.0 Å². The van der Waals surface area contributed by atoms with Crippen LogP contribution in [0.2, 0.25) is 0 Å². The second kappa shape index (κ2) is 6.67. The summed E-state index contributed by atoms with van der Waals surface area (Å²) < 4.78 is 5.28. The highest BCUT2D eigenvalue weighted by Gasteiger charge is 2.23. The minimum absolute atomic E-state index is 0.210. The number of carbonyl (C=O) groups is 1. The third-order valence-corrected chi connectivity index (χ3v) is 3.89. The van der Waals surface area contributed by atoms with E-state index in [1.54, 1.807) is 25.1 Å². The minimum Gasteiger partial charge on any atom is -0.383 e. The molecule has 3 rings (SSSR count). The predicted octanol–water partition coefficient (Wildman–Crippen LogP) is 2.56. The maximum atomic E-state index is 11.3. The van der Waals surface area contributed by atoms with Crippen LogP contribution in [0.15, 0.2) is 28.9 Å². The maximum Gasteiger partial charge on any atom is 0.263 e. The van der Waals surface area contributed by atoms with E-state index in [1.165, 1.54) is 6.20 Å². The average molecular weight is 367 g/mol. The van der Waals surface area contributed by atoms with E-state index >= 15 is 0 Å². The Kier molecular flexibility index (Phi) is 4.52. The lowest BCUT2D eigenvalue weighted by Gasteiger charge is -2.11. The molecule has 0 bridgehead atoms. The number of nitrogens with two attached hydrogens (primary N) is 2. The van der Waals surface area contributed by atoms with Crippen molar-refractivity contribution in [1.82, 2.24) is 20.1 Å². The predicted molar refractivity (Wildman–Crippen MR) is 101 cm³/mol. The number of amides is 1. The van der Waals surface area contributed by atoms with Gasteiger partial charge in [0.2, 0.25) is 11.9 Å². The Bertz CT molecular complexity index is 1010. The monoisotopic (exact) mass is 367 g/mol. The van der Waals surface area contributed by atoms with Crippen LogP contribution >= 0.6 is 0 Å². The Balaban J connectivity index is 1.84. The quantitative estimate of drug-likeness (QED) is 0.637. The van der Waals surface area contributed by atoms with Gasteiger partial charge in [0, 0.05) is 22.9 Å². The fourth-order valence-corrected chi connectivity index (χ4v) is 2.40. The van der Waals surface area contributed by atoms with Crippen LogP contribution in [0.1, 0.15) is 42.5 Å². The van der Waals surface area contributed by atoms with Crippen LogP contribution in [0, 0.1) is 6.92 Å². The number of anilines is 3. The molecule has 0 radical (unpaired) electrons. The Labute approximate surface area is 156 Å². The van der Waals surface area contributed by atoms with Gasteiger partial charge in [0.15, 0.2) is 5.82 Å². The van der Waals surface area contributed by atoms with Gasteiger partial charge in [-0.1, -0.05) is 25.9 Å². The summed E-state index contributed by atoms with van der Waals surface area (Å²) in [5, 5.41) is 7.02. The molecule has 27 heavy (non-hydrogen) atoms. The van der Waals surface area contributed by atoms with Gasteiger partial charge < -0.3 is 21.3 Å². The molecule has 140 valence electrons. The number of nitrogens with one attached hydrogen (secondary N) is 1. The molecule has 9 heteroatoms. The molecule has 9 nitrogen and oxygen atoms in total. The third-order valence-electron chi connectivity index (χ3n) is 3.89. The van der Waals surface area contributed by atoms with E-state index in [1.807, 2.05) is 20.8 Å². The van der Waals surface area contributed by atoms with E-state index in [9.17, 15) is 4.79 Å². The van der Waals surface area contributed by atoms with Crippen LogP contribution < -0.4 is 16.8 Å². The number of hydrogen-bond acceptors (Lipinski definition) is 8. The standard InChI is InChI=1S/C18H21N7O2/c1-9-7-10(5-6-11(9)14(20)26)22-17-21-8-12(13(19)23-17)15-24-16(25-27-15)18(2,3)4/h5-8H,1-4H3,(H2,20,26)(H3,19,21,22,23). The summed E-state index contributed by atoms with van der Waals surface area (Å²) in [5.74, 6) is 0.882. The second-order valence-electron chi connectivity index (χ2n) is 7.18. The van der Waals surface area contributed by atoms with Crippen LogP contribution in [0.3, 0.4) is 0 Å². The van der Waals surface area contributed by atoms with Crippen molar-refractivity contribution >= 4 is 23.4 Å². The molecular formula is C18H21N7O2. The molecule has 0 fully saturated rings. The molecule has 0 aliphatic rings. The molecule has 0 saturated carbocycles. The Morgan fingerprint density at radius 1 is 1.22 bits per heavy atom. The zero-order valence-corrected chi connectivity index (χ0v) is 15.6. The SMILES string of the molecule is Cc1cc(Nc2ncc(-c3nc(C(C)(C)C)no3)c(N)n2)ccc1C(N)=O. The zero-order valence-electron chi connectivity index (χ0n) is 15.6. The molecule has 3 aromatic rings. The van der Waals surface area contributed by atoms with Crippen molar-refractivity contribution < 1.29 is 9.32 Å². The summed E-state index contributed by atoms with van der Waals surface area (Å²) in [7, 11) is 0. The van der Waals surface area contributed by atoms with Gasteiger partial charge in [-0.25, -0.2) is 4.98 Å². The first-order valence-corrected chi connectivity index (χ1v) is 8.29. The second-order valence-corrected chi connectivity index (χ2v) is 7.18. The number of benzene rings is 1. The highest BCUT2D eigenvalue weighted by molar-refractivity contribution is 5.94. The largest absolute Gasteiger partial charge is 0.383 e. The van der Waals surface area contributed by atoms with E-state index in [2.05, 4.69) is 25.4 Å². The van der Waals surface area contributed by atoms with Crippen LogP contribution in [0.5, 0.6) is 0 Å². The van der Waals surface area contributed by atoms with E-state index in [0.717, 1.165) is 5.56 Å². The molecule has 0 unspecified atom stereocenters. The van der Waals surface area contributed by atoms with Crippen LogP contribution in [0.4, 0.5) is 17.5 Å². The van der Waals surface area contributed by atoms with E-state index in [4.69, 9.17) is 16.0 Å². The molecule has 0 spiro atoms. The molecule has 5 N–H and O–H groups in total. The van der Waals surface area contributed by atoms with Gasteiger partial charge in [-0.2, -0.15) is 9.97 Å². The molecular weight excluding hydrogens is 346 g/mol. The smallest absolute Gasteiger partial charge is 0.263 e. The Morgan fingerprint density at radius 2 is 1.96 bits per heavy atom. The topological polar surface area (TPSA) is 146 Å². The highest BCUT2D eigenvalue weighted by Crippen LogP contribution is 2.27. The number of nitrogen functional groups attached to an aromatic ring is 1. The van der Waals surface area contributed by atoms with Crippen molar-refractivity contribution in [3.63, 3.8) is 0 Å². The summed E-state index contributed by atoms with van der Waals surface area (Å²) in [6.45, 7) is 7.76. The first-order chi connectivity index (χ1) is 12.6. The Morgan fingerprint density at radius 3 is 2.52 bits per heavy atom. The van der Waals surface area contributed by atoms with Crippen molar-refractivity contribution in [1.29, 1.82) is 0 Å². The van der Waals surface area contributed by atoms with E-state index in [0.29, 0.717) is 28.6 Å². The van der Waals surface area contributed by atoms with Gasteiger partial charge in [-0.15, -0.1) is 0 Å². The number of carbonyl (C=O) groups excluding carboxylic acids is 1. The molecule has 2 heterocycles. The lowest BCUT2D eigenvalue weighted by molar-refractivity contribution is 0.0999. The van der Waals surface area contributed by atoms with Crippen molar-refractivity contribution in [3.8, 4) is 11.5 Å². The molecule has 0 saturated heterocycles. The highest BCUT2D eigenvalue weighted by atomic mass is 16.5. The number of primary amides is 1. The first kappa shape index (κ1) is 18.3. The van der Waals surface area contributed by atoms with Gasteiger partial charge in [-0.05, 0) is 30.7 Å². The average Bonchev–Trinajstić information content (AvgIpc) is 3.04. The van der Waals surface area contributed by atoms with Crippen molar-refractivity contribution in [2.75, 3.05) is 11.1 Å². The zero-order chi connectivity index (χ0) is 19.8. The molecule has 0 atom stereocenters. The van der Waals surface area contributed by atoms with Crippen molar-refractivity contribution in [3.05, 3.63) is 41.3 Å². The fourth-order valence-electron chi connectivity index (χ4n) is 2.40. The molecule has 2 aromatic heterocycles. The van der Waals surface area contributed by atoms with Gasteiger partial charge in [0.25, 0.3) is 5.89 Å². The van der Waals surface area contributed by atoms with Gasteiger partial charge in [-0.3, -0.25) is 4.79 Å². The van der Waals surface area contributed by atoms with Gasteiger partial charge in [0.05, 0.1) is 0 Å². The maximum absolute atomic E-state index is 11.3. The third kappa shape index (κ3) is 3.86. The summed E-state index contributed by atoms with van der Waals surface area (Å²) in [6, 6.07) is 5.14. The molecule has 1 amide bonds. The molecule has 1 aromatic carbocycles. The van der Waals surface area contributed by atoms with Crippen molar-refractivity contribution in [2.24, 2.45) is 5.73 Å². The van der Waals surface area contributed by atoms with Gasteiger partial charge >= 0.3 is 0 Å². The van der Waals surface area contributed by atoms with Crippen LogP contribution in [-0.2, 0) is 5.41 Å². The van der Waals surface area contributed by atoms with E-state index in [-0.39, 0.29) is 17.1 Å². The summed E-state index contributed by atoms with van der Waals surface area (Å²) >= 11 is 0. The molecule has 0 aliphatic carbocycles. The molecule has 0 aliphatic heterocycles. The van der Waals surface area contributed by atoms with Crippen molar-refractivity contribution in [2.45, 2.75) is 33.1 Å². The summed E-state index contributed by atoms with van der Waals surface area (Å²) in [6.07, 6.45) is 1.52. The Hall–Kier alpha value is -3.49. The number of hydrogen-bond donors (Lipinski definition) is 3. The van der Waals surface area contributed by atoms with Crippen LogP contribution in [0.25, 0.3) is 11.5 Å².